The lowest BCUT2D eigenvalue weighted by Crippen LogP contribution is -2.40. The smallest absolute Gasteiger partial charge is 0.255 e. The molecule has 0 bridgehead atoms. The molecular formula is C26H32F2N4O3. The Labute approximate surface area is 204 Å². The Morgan fingerprint density at radius 1 is 1.31 bits per heavy atom. The van der Waals surface area contributed by atoms with Crippen LogP contribution in [0.15, 0.2) is 24.4 Å². The van der Waals surface area contributed by atoms with E-state index < -0.39 is 17.2 Å². The standard InChI is InChI=1S/C26H32F2N4O3/c1-15(17-3-4-17)31-24(33)21-10-30-25(35-13-16-11-34-12-16)22(18-7-19(27)9-20(28)8-18)23(21)32-6-5-26(2,29)14-32/h7-10,15-17H,3-6,11-14,29H2,1-2H3,(H,31,33)/t15-,26-/m0/s1. The highest BCUT2D eigenvalue weighted by Gasteiger charge is 2.36. The predicted molar refractivity (Wildman–Crippen MR) is 128 cm³/mol. The number of aromatic nitrogens is 1. The van der Waals surface area contributed by atoms with Gasteiger partial charge in [0.05, 0.1) is 36.6 Å². The van der Waals surface area contributed by atoms with Crippen molar-refractivity contribution in [2.75, 3.05) is 37.8 Å². The van der Waals surface area contributed by atoms with Crippen LogP contribution in [0.2, 0.25) is 0 Å². The van der Waals surface area contributed by atoms with Crippen molar-refractivity contribution in [1.82, 2.24) is 10.3 Å². The molecule has 1 aliphatic carbocycles. The van der Waals surface area contributed by atoms with Crippen LogP contribution in [0.25, 0.3) is 11.1 Å². The summed E-state index contributed by atoms with van der Waals surface area (Å²) >= 11 is 0. The van der Waals surface area contributed by atoms with Gasteiger partial charge in [0.25, 0.3) is 5.91 Å². The molecule has 0 radical (unpaired) electrons. The maximum absolute atomic E-state index is 14.4. The first-order valence-electron chi connectivity index (χ1n) is 12.2. The molecule has 2 aromatic rings. The van der Waals surface area contributed by atoms with Gasteiger partial charge in [0.15, 0.2) is 0 Å². The second-order valence-corrected chi connectivity index (χ2v) is 10.5. The lowest BCUT2D eigenvalue weighted by Gasteiger charge is -2.29. The van der Waals surface area contributed by atoms with E-state index >= 15 is 0 Å². The first kappa shape index (κ1) is 23.9. The van der Waals surface area contributed by atoms with Gasteiger partial charge < -0.3 is 25.4 Å². The summed E-state index contributed by atoms with van der Waals surface area (Å²) in [5.41, 5.74) is 7.51. The number of hydrogen-bond donors (Lipinski definition) is 2. The predicted octanol–water partition coefficient (Wildman–Crippen LogP) is 3.51. The molecule has 1 aromatic carbocycles. The highest BCUT2D eigenvalue weighted by molar-refractivity contribution is 6.04. The van der Waals surface area contributed by atoms with Gasteiger partial charge in [-0.25, -0.2) is 13.8 Å². The summed E-state index contributed by atoms with van der Waals surface area (Å²) in [4.78, 5) is 19.9. The summed E-state index contributed by atoms with van der Waals surface area (Å²) in [6, 6.07) is 3.34. The molecule has 2 saturated heterocycles. The van der Waals surface area contributed by atoms with E-state index in [0.29, 0.717) is 62.1 Å². The number of hydrogen-bond acceptors (Lipinski definition) is 6. The molecule has 9 heteroatoms. The van der Waals surface area contributed by atoms with Crippen LogP contribution in [0, 0.1) is 23.5 Å². The Balaban J connectivity index is 1.63. The molecule has 1 amide bonds. The van der Waals surface area contributed by atoms with Crippen LogP contribution in [-0.2, 0) is 4.74 Å². The zero-order valence-corrected chi connectivity index (χ0v) is 20.2. The maximum Gasteiger partial charge on any atom is 0.255 e. The van der Waals surface area contributed by atoms with Crippen molar-refractivity contribution in [2.45, 2.75) is 44.7 Å². The van der Waals surface area contributed by atoms with Gasteiger partial charge >= 0.3 is 0 Å². The molecule has 3 N–H and O–H groups in total. The van der Waals surface area contributed by atoms with E-state index in [2.05, 4.69) is 10.3 Å². The largest absolute Gasteiger partial charge is 0.477 e. The minimum atomic E-state index is -0.716. The van der Waals surface area contributed by atoms with Crippen molar-refractivity contribution in [3.63, 3.8) is 0 Å². The van der Waals surface area contributed by atoms with Crippen molar-refractivity contribution >= 4 is 11.6 Å². The Kier molecular flexibility index (Phi) is 6.40. The SMILES string of the molecule is C[C@H](NC(=O)c1cnc(OCC2COC2)c(-c2cc(F)cc(F)c2)c1N1CC[C@](C)(N)C1)C1CC1. The monoisotopic (exact) mass is 486 g/mol. The topological polar surface area (TPSA) is 89.7 Å². The fourth-order valence-corrected chi connectivity index (χ4v) is 4.80. The summed E-state index contributed by atoms with van der Waals surface area (Å²) < 4.78 is 40.0. The van der Waals surface area contributed by atoms with Crippen molar-refractivity contribution in [3.05, 3.63) is 41.6 Å². The average molecular weight is 487 g/mol. The second kappa shape index (κ2) is 9.35. The van der Waals surface area contributed by atoms with Crippen molar-refractivity contribution in [1.29, 1.82) is 0 Å². The third-order valence-electron chi connectivity index (χ3n) is 7.08. The summed E-state index contributed by atoms with van der Waals surface area (Å²) in [5, 5.41) is 3.09. The minimum Gasteiger partial charge on any atom is -0.477 e. The first-order chi connectivity index (χ1) is 16.7. The number of carbonyl (C=O) groups excluding carboxylic acids is 1. The number of amides is 1. The molecule has 3 heterocycles. The van der Waals surface area contributed by atoms with Gasteiger partial charge in [-0.05, 0) is 56.7 Å². The van der Waals surface area contributed by atoms with Crippen LogP contribution in [0.3, 0.4) is 0 Å². The number of halogens is 2. The van der Waals surface area contributed by atoms with E-state index in [9.17, 15) is 13.6 Å². The minimum absolute atomic E-state index is 0.0262. The molecule has 1 aromatic heterocycles. The highest BCUT2D eigenvalue weighted by Crippen LogP contribution is 2.43. The quantitative estimate of drug-likeness (QED) is 0.594. The molecule has 2 aliphatic heterocycles. The zero-order chi connectivity index (χ0) is 24.7. The molecule has 0 spiro atoms. The van der Waals surface area contributed by atoms with Gasteiger partial charge in [-0.2, -0.15) is 0 Å². The number of ether oxygens (including phenoxy) is 2. The summed E-state index contributed by atoms with van der Waals surface area (Å²) in [7, 11) is 0. The molecular weight excluding hydrogens is 454 g/mol. The number of nitrogens with one attached hydrogen (secondary N) is 1. The third-order valence-corrected chi connectivity index (χ3v) is 7.08. The zero-order valence-electron chi connectivity index (χ0n) is 20.2. The summed E-state index contributed by atoms with van der Waals surface area (Å²) in [6.07, 6.45) is 4.40. The highest BCUT2D eigenvalue weighted by atomic mass is 19.1. The number of carbonyl (C=O) groups is 1. The lowest BCUT2D eigenvalue weighted by atomic mass is 9.99. The van der Waals surface area contributed by atoms with Crippen LogP contribution < -0.4 is 20.7 Å². The third kappa shape index (κ3) is 5.26. The Hall–Kier alpha value is -2.78. The molecule has 1 saturated carbocycles. The molecule has 2 atom stereocenters. The van der Waals surface area contributed by atoms with Gasteiger partial charge in [-0.3, -0.25) is 4.79 Å². The summed E-state index contributed by atoms with van der Waals surface area (Å²) in [5.74, 6) is -0.778. The molecule has 5 rings (SSSR count). The number of anilines is 1. The lowest BCUT2D eigenvalue weighted by molar-refractivity contribution is -0.0513. The fourth-order valence-electron chi connectivity index (χ4n) is 4.80. The first-order valence-corrected chi connectivity index (χ1v) is 12.2. The second-order valence-electron chi connectivity index (χ2n) is 10.5. The van der Waals surface area contributed by atoms with Crippen molar-refractivity contribution in [2.24, 2.45) is 17.6 Å². The molecule has 3 fully saturated rings. The van der Waals surface area contributed by atoms with Gasteiger partial charge in [0.1, 0.15) is 11.6 Å². The molecule has 0 unspecified atom stereocenters. The van der Waals surface area contributed by atoms with E-state index in [-0.39, 0.29) is 29.3 Å². The van der Waals surface area contributed by atoms with Gasteiger partial charge in [-0.1, -0.05) is 0 Å². The Morgan fingerprint density at radius 3 is 2.60 bits per heavy atom. The van der Waals surface area contributed by atoms with Crippen LogP contribution in [-0.4, -0.2) is 55.4 Å². The normalized spacial score (nSPS) is 23.2. The Morgan fingerprint density at radius 2 is 2.03 bits per heavy atom. The maximum atomic E-state index is 14.4. The van der Waals surface area contributed by atoms with E-state index in [0.717, 1.165) is 18.9 Å². The number of pyridine rings is 1. The van der Waals surface area contributed by atoms with E-state index in [4.69, 9.17) is 15.2 Å². The number of rotatable bonds is 8. The van der Waals surface area contributed by atoms with Crippen molar-refractivity contribution < 1.29 is 23.0 Å². The van der Waals surface area contributed by atoms with E-state index in [1.54, 1.807) is 0 Å². The average Bonchev–Trinajstić information content (AvgIpc) is 3.54. The van der Waals surface area contributed by atoms with Gasteiger partial charge in [-0.15, -0.1) is 0 Å². The van der Waals surface area contributed by atoms with Crippen LogP contribution in [0.5, 0.6) is 5.88 Å². The van der Waals surface area contributed by atoms with Gasteiger partial charge in [0.2, 0.25) is 5.88 Å². The van der Waals surface area contributed by atoms with Crippen LogP contribution in [0.4, 0.5) is 14.5 Å². The number of nitrogens with two attached hydrogens (primary N) is 1. The molecule has 35 heavy (non-hydrogen) atoms. The summed E-state index contributed by atoms with van der Waals surface area (Å²) in [6.45, 7) is 6.57. The number of nitrogens with zero attached hydrogens (tertiary/aromatic N) is 2. The molecule has 3 aliphatic rings. The molecule has 7 nitrogen and oxygen atoms in total. The van der Waals surface area contributed by atoms with E-state index in [1.807, 2.05) is 18.7 Å². The fraction of sp³-hybridized carbons (Fsp3) is 0.538. The van der Waals surface area contributed by atoms with E-state index in [1.165, 1.54) is 18.3 Å². The van der Waals surface area contributed by atoms with Gasteiger partial charge in [0, 0.05) is 42.9 Å². The Bertz CT molecular complexity index is 1100. The molecule has 188 valence electrons. The van der Waals surface area contributed by atoms with Crippen LogP contribution in [0.1, 0.15) is 43.5 Å². The van der Waals surface area contributed by atoms with Crippen LogP contribution >= 0.6 is 0 Å². The van der Waals surface area contributed by atoms with Crippen molar-refractivity contribution in [3.8, 4) is 17.0 Å². The number of benzene rings is 1.